The smallest absolute Gasteiger partial charge is 0.252 e. The molecular formula is C17H18ClNO. The lowest BCUT2D eigenvalue weighted by Gasteiger charge is -2.15. The van der Waals surface area contributed by atoms with E-state index in [1.54, 1.807) is 16.8 Å². The predicted molar refractivity (Wildman–Crippen MR) is 84.3 cm³/mol. The van der Waals surface area contributed by atoms with Gasteiger partial charge in [0.2, 0.25) is 0 Å². The molecule has 0 radical (unpaired) electrons. The maximum Gasteiger partial charge on any atom is 0.252 e. The third-order valence-corrected chi connectivity index (χ3v) is 3.58. The molecule has 0 saturated heterocycles. The summed E-state index contributed by atoms with van der Waals surface area (Å²) in [6.45, 7) is 3.83. The van der Waals surface area contributed by atoms with E-state index in [9.17, 15) is 4.79 Å². The summed E-state index contributed by atoms with van der Waals surface area (Å²) < 4.78 is 1.68. The van der Waals surface area contributed by atoms with Crippen molar-refractivity contribution >= 4 is 11.6 Å². The first-order chi connectivity index (χ1) is 9.70. The first kappa shape index (κ1) is 14.6. The molecule has 0 spiro atoms. The molecule has 2 nitrogen and oxygen atoms in total. The number of pyridine rings is 1. The van der Waals surface area contributed by atoms with Gasteiger partial charge in [0, 0.05) is 17.3 Å². The molecule has 1 unspecified atom stereocenters. The normalized spacial score (nSPS) is 12.1. The molecule has 0 aliphatic rings. The van der Waals surface area contributed by atoms with Crippen LogP contribution in [-0.4, -0.2) is 4.57 Å². The summed E-state index contributed by atoms with van der Waals surface area (Å²) in [6, 6.07) is 13.5. The van der Waals surface area contributed by atoms with Gasteiger partial charge in [-0.1, -0.05) is 48.0 Å². The van der Waals surface area contributed by atoms with E-state index in [1.807, 2.05) is 24.3 Å². The minimum atomic E-state index is -0.0814. The SMILES string of the molecule is C=CC(CCCc1ccccc1)n1ccc(Cl)cc1=O. The minimum absolute atomic E-state index is 0.0171. The lowest BCUT2D eigenvalue weighted by molar-refractivity contribution is 0.521. The number of hydrogen-bond acceptors (Lipinski definition) is 1. The van der Waals surface area contributed by atoms with E-state index in [2.05, 4.69) is 18.7 Å². The number of nitrogens with zero attached hydrogens (tertiary/aromatic N) is 1. The van der Waals surface area contributed by atoms with Crippen LogP contribution in [0.15, 0.2) is 66.1 Å². The summed E-state index contributed by atoms with van der Waals surface area (Å²) >= 11 is 5.81. The highest BCUT2D eigenvalue weighted by molar-refractivity contribution is 6.30. The number of rotatable bonds is 6. The second kappa shape index (κ2) is 7.11. The number of hydrogen-bond donors (Lipinski definition) is 0. The van der Waals surface area contributed by atoms with Crippen molar-refractivity contribution in [1.29, 1.82) is 0 Å². The molecule has 0 bridgehead atoms. The van der Waals surface area contributed by atoms with Crippen LogP contribution >= 0.6 is 11.6 Å². The van der Waals surface area contributed by atoms with E-state index in [0.717, 1.165) is 19.3 Å². The zero-order valence-corrected chi connectivity index (χ0v) is 12.1. The third-order valence-electron chi connectivity index (χ3n) is 3.35. The molecule has 2 aromatic rings. The van der Waals surface area contributed by atoms with Gasteiger partial charge in [0.1, 0.15) is 0 Å². The quantitative estimate of drug-likeness (QED) is 0.728. The molecule has 1 atom stereocenters. The number of aromatic nitrogens is 1. The van der Waals surface area contributed by atoms with Crippen LogP contribution in [0.4, 0.5) is 0 Å². The van der Waals surface area contributed by atoms with Gasteiger partial charge in [-0.3, -0.25) is 4.79 Å². The molecule has 104 valence electrons. The van der Waals surface area contributed by atoms with Crippen molar-refractivity contribution in [1.82, 2.24) is 4.57 Å². The Labute approximate surface area is 124 Å². The fraction of sp³-hybridized carbons (Fsp3) is 0.235. The second-order valence-electron chi connectivity index (χ2n) is 4.77. The van der Waals surface area contributed by atoms with Gasteiger partial charge in [-0.2, -0.15) is 0 Å². The van der Waals surface area contributed by atoms with E-state index in [4.69, 9.17) is 11.6 Å². The van der Waals surface area contributed by atoms with Gasteiger partial charge in [-0.05, 0) is 30.9 Å². The van der Waals surface area contributed by atoms with E-state index in [-0.39, 0.29) is 11.6 Å². The van der Waals surface area contributed by atoms with E-state index < -0.39 is 0 Å². The maximum atomic E-state index is 11.9. The van der Waals surface area contributed by atoms with Crippen molar-refractivity contribution in [2.45, 2.75) is 25.3 Å². The Bertz CT molecular complexity index is 618. The average molecular weight is 288 g/mol. The van der Waals surface area contributed by atoms with Crippen LogP contribution in [0, 0.1) is 0 Å². The Kier molecular flexibility index (Phi) is 5.19. The van der Waals surface area contributed by atoms with E-state index in [1.165, 1.54) is 11.6 Å². The molecule has 0 aliphatic carbocycles. The summed E-state index contributed by atoms with van der Waals surface area (Å²) in [5.41, 5.74) is 1.24. The van der Waals surface area contributed by atoms with Gasteiger partial charge in [0.25, 0.3) is 5.56 Å². The van der Waals surface area contributed by atoms with Crippen LogP contribution in [0.3, 0.4) is 0 Å². The Morgan fingerprint density at radius 1 is 1.25 bits per heavy atom. The molecule has 0 saturated carbocycles. The fourth-order valence-electron chi connectivity index (χ4n) is 2.27. The molecule has 0 aliphatic heterocycles. The fourth-order valence-corrected chi connectivity index (χ4v) is 2.42. The second-order valence-corrected chi connectivity index (χ2v) is 5.21. The van der Waals surface area contributed by atoms with Crippen molar-refractivity contribution in [2.75, 3.05) is 0 Å². The van der Waals surface area contributed by atoms with E-state index in [0.29, 0.717) is 5.02 Å². The molecule has 1 heterocycles. The Balaban J connectivity index is 1.99. The maximum absolute atomic E-state index is 11.9. The molecule has 1 aromatic heterocycles. The third kappa shape index (κ3) is 3.84. The zero-order valence-electron chi connectivity index (χ0n) is 11.3. The molecule has 1 aromatic carbocycles. The number of benzene rings is 1. The van der Waals surface area contributed by atoms with Crippen molar-refractivity contribution in [3.05, 3.63) is 82.3 Å². The summed E-state index contributed by atoms with van der Waals surface area (Å²) in [7, 11) is 0. The lowest BCUT2D eigenvalue weighted by atomic mass is 10.0. The highest BCUT2D eigenvalue weighted by Gasteiger charge is 2.08. The van der Waals surface area contributed by atoms with Crippen molar-refractivity contribution in [3.63, 3.8) is 0 Å². The molecule has 20 heavy (non-hydrogen) atoms. The molecular weight excluding hydrogens is 270 g/mol. The molecule has 0 N–H and O–H groups in total. The summed E-state index contributed by atoms with van der Waals surface area (Å²) in [5.74, 6) is 0. The first-order valence-electron chi connectivity index (χ1n) is 6.75. The van der Waals surface area contributed by atoms with Gasteiger partial charge in [-0.15, -0.1) is 6.58 Å². The average Bonchev–Trinajstić information content (AvgIpc) is 2.46. The largest absolute Gasteiger partial charge is 0.309 e. The summed E-state index contributed by atoms with van der Waals surface area (Å²) in [5, 5.41) is 0.471. The summed E-state index contributed by atoms with van der Waals surface area (Å²) in [6.07, 6.45) is 6.46. The zero-order chi connectivity index (χ0) is 14.4. The molecule has 0 amide bonds. The highest BCUT2D eigenvalue weighted by Crippen LogP contribution is 2.16. The number of allylic oxidation sites excluding steroid dienone is 1. The Morgan fingerprint density at radius 2 is 2.00 bits per heavy atom. The predicted octanol–water partition coefficient (Wildman–Crippen LogP) is 4.25. The van der Waals surface area contributed by atoms with Crippen LogP contribution in [0.25, 0.3) is 0 Å². The van der Waals surface area contributed by atoms with Crippen LogP contribution in [0.2, 0.25) is 5.02 Å². The first-order valence-corrected chi connectivity index (χ1v) is 7.12. The Hall–Kier alpha value is -1.80. The van der Waals surface area contributed by atoms with Gasteiger partial charge < -0.3 is 4.57 Å². The summed E-state index contributed by atoms with van der Waals surface area (Å²) in [4.78, 5) is 11.9. The number of aryl methyl sites for hydroxylation is 1. The van der Waals surface area contributed by atoms with Gasteiger partial charge in [0.05, 0.1) is 6.04 Å². The van der Waals surface area contributed by atoms with Gasteiger partial charge >= 0.3 is 0 Å². The van der Waals surface area contributed by atoms with Gasteiger partial charge in [0.15, 0.2) is 0 Å². The van der Waals surface area contributed by atoms with Crippen LogP contribution in [0.5, 0.6) is 0 Å². The topological polar surface area (TPSA) is 22.0 Å². The van der Waals surface area contributed by atoms with Crippen LogP contribution in [-0.2, 0) is 6.42 Å². The molecule has 2 rings (SSSR count). The van der Waals surface area contributed by atoms with E-state index >= 15 is 0 Å². The minimum Gasteiger partial charge on any atom is -0.309 e. The number of halogens is 1. The van der Waals surface area contributed by atoms with Gasteiger partial charge in [-0.25, -0.2) is 0 Å². The highest BCUT2D eigenvalue weighted by atomic mass is 35.5. The van der Waals surface area contributed by atoms with Crippen LogP contribution in [0.1, 0.15) is 24.4 Å². The van der Waals surface area contributed by atoms with Crippen LogP contribution < -0.4 is 5.56 Å². The molecule has 0 fully saturated rings. The standard InChI is InChI=1S/C17H18ClNO/c1-2-16(19-12-11-15(18)13-17(19)20)10-6-9-14-7-4-3-5-8-14/h2-5,7-8,11-13,16H,1,6,9-10H2. The van der Waals surface area contributed by atoms with Crippen molar-refractivity contribution in [2.24, 2.45) is 0 Å². The Morgan fingerprint density at radius 3 is 2.65 bits per heavy atom. The van der Waals surface area contributed by atoms with Crippen molar-refractivity contribution < 1.29 is 0 Å². The monoisotopic (exact) mass is 287 g/mol. The van der Waals surface area contributed by atoms with Crippen molar-refractivity contribution in [3.8, 4) is 0 Å². The lowest BCUT2D eigenvalue weighted by Crippen LogP contribution is -2.22. The molecule has 3 heteroatoms.